The molecule has 4 rings (SSSR count). The summed E-state index contributed by atoms with van der Waals surface area (Å²) < 4.78 is 29.2. The molecule has 0 atom stereocenters. The van der Waals surface area contributed by atoms with Gasteiger partial charge in [0, 0.05) is 35.2 Å². The number of pyridine rings is 1. The van der Waals surface area contributed by atoms with Crippen molar-refractivity contribution in [3.63, 3.8) is 0 Å². The van der Waals surface area contributed by atoms with E-state index in [0.717, 1.165) is 11.5 Å². The van der Waals surface area contributed by atoms with Gasteiger partial charge in [0.1, 0.15) is 5.82 Å². The number of rotatable bonds is 3. The summed E-state index contributed by atoms with van der Waals surface area (Å²) in [5.74, 6) is 1.05. The molecule has 136 valence electrons. The lowest BCUT2D eigenvalue weighted by Crippen LogP contribution is -2.38. The zero-order valence-electron chi connectivity index (χ0n) is 13.7. The first-order valence-electron chi connectivity index (χ1n) is 8.21. The standard InChI is InChI=1S/C17H16Cl2N4O2S/c18-13-9-14(19)11-15(10-13)26(24,25)22-7-4-12(5-8-22)17-21-20-16-3-1-2-6-23(16)17/h1-3,6,9-12H,4-5,7-8H2. The van der Waals surface area contributed by atoms with Gasteiger partial charge in [0.05, 0.1) is 4.90 Å². The highest BCUT2D eigenvalue weighted by Gasteiger charge is 2.32. The van der Waals surface area contributed by atoms with Gasteiger partial charge in [0.15, 0.2) is 5.65 Å². The Kier molecular flexibility index (Phi) is 4.64. The van der Waals surface area contributed by atoms with Gasteiger partial charge in [-0.15, -0.1) is 10.2 Å². The molecular formula is C17H16Cl2N4O2S. The average Bonchev–Trinajstić information content (AvgIpc) is 3.05. The van der Waals surface area contributed by atoms with Crippen molar-refractivity contribution in [2.75, 3.05) is 13.1 Å². The summed E-state index contributed by atoms with van der Waals surface area (Å²) >= 11 is 11.9. The maximum Gasteiger partial charge on any atom is 0.243 e. The Morgan fingerprint density at radius 3 is 2.38 bits per heavy atom. The van der Waals surface area contributed by atoms with Gasteiger partial charge in [0.25, 0.3) is 0 Å². The van der Waals surface area contributed by atoms with E-state index < -0.39 is 10.0 Å². The van der Waals surface area contributed by atoms with Crippen LogP contribution in [0.2, 0.25) is 10.0 Å². The van der Waals surface area contributed by atoms with Gasteiger partial charge < -0.3 is 0 Å². The van der Waals surface area contributed by atoms with Crippen molar-refractivity contribution >= 4 is 38.9 Å². The molecule has 3 aromatic rings. The molecule has 1 aliphatic rings. The predicted octanol–water partition coefficient (Wildman–Crippen LogP) is 3.60. The van der Waals surface area contributed by atoms with Crippen LogP contribution in [0.4, 0.5) is 0 Å². The Morgan fingerprint density at radius 2 is 1.69 bits per heavy atom. The van der Waals surface area contributed by atoms with Crippen LogP contribution in [-0.4, -0.2) is 40.4 Å². The number of nitrogens with zero attached hydrogens (tertiary/aromatic N) is 4. The highest BCUT2D eigenvalue weighted by atomic mass is 35.5. The molecule has 0 saturated carbocycles. The van der Waals surface area contributed by atoms with E-state index in [1.165, 1.54) is 22.5 Å². The molecule has 1 fully saturated rings. The fourth-order valence-corrected chi connectivity index (χ4v) is 5.52. The second kappa shape index (κ2) is 6.81. The quantitative estimate of drug-likeness (QED) is 0.661. The zero-order chi connectivity index (χ0) is 18.3. The van der Waals surface area contributed by atoms with Crippen molar-refractivity contribution in [2.24, 2.45) is 0 Å². The SMILES string of the molecule is O=S(=O)(c1cc(Cl)cc(Cl)c1)N1CCC(c2nnc3ccccn23)CC1. The van der Waals surface area contributed by atoms with E-state index in [2.05, 4.69) is 10.2 Å². The largest absolute Gasteiger partial charge is 0.286 e. The first-order valence-corrected chi connectivity index (χ1v) is 10.4. The summed E-state index contributed by atoms with van der Waals surface area (Å²) in [6.45, 7) is 0.831. The van der Waals surface area contributed by atoms with E-state index >= 15 is 0 Å². The lowest BCUT2D eigenvalue weighted by atomic mass is 9.97. The predicted molar refractivity (Wildman–Crippen MR) is 100 cm³/mol. The molecule has 0 N–H and O–H groups in total. The highest BCUT2D eigenvalue weighted by molar-refractivity contribution is 7.89. The lowest BCUT2D eigenvalue weighted by molar-refractivity contribution is 0.312. The lowest BCUT2D eigenvalue weighted by Gasteiger charge is -2.30. The minimum atomic E-state index is -3.62. The minimum absolute atomic E-state index is 0.126. The van der Waals surface area contributed by atoms with Gasteiger partial charge in [-0.2, -0.15) is 4.31 Å². The molecule has 6 nitrogen and oxygen atoms in total. The topological polar surface area (TPSA) is 67.6 Å². The van der Waals surface area contributed by atoms with Crippen molar-refractivity contribution in [1.29, 1.82) is 0 Å². The number of piperidine rings is 1. The monoisotopic (exact) mass is 410 g/mol. The third-order valence-electron chi connectivity index (χ3n) is 4.63. The van der Waals surface area contributed by atoms with Crippen LogP contribution >= 0.6 is 23.2 Å². The van der Waals surface area contributed by atoms with Crippen molar-refractivity contribution in [3.05, 3.63) is 58.5 Å². The van der Waals surface area contributed by atoms with Gasteiger partial charge >= 0.3 is 0 Å². The van der Waals surface area contributed by atoms with E-state index in [4.69, 9.17) is 23.2 Å². The Balaban J connectivity index is 1.54. The number of hydrogen-bond acceptors (Lipinski definition) is 4. The van der Waals surface area contributed by atoms with E-state index in [9.17, 15) is 8.42 Å². The fourth-order valence-electron chi connectivity index (χ4n) is 3.32. The first kappa shape index (κ1) is 17.7. The average molecular weight is 411 g/mol. The number of benzene rings is 1. The van der Waals surface area contributed by atoms with Crippen LogP contribution in [0, 0.1) is 0 Å². The van der Waals surface area contributed by atoms with Crippen molar-refractivity contribution in [2.45, 2.75) is 23.7 Å². The first-order chi connectivity index (χ1) is 12.4. The number of aromatic nitrogens is 3. The normalized spacial score (nSPS) is 17.0. The van der Waals surface area contributed by atoms with Crippen LogP contribution in [0.15, 0.2) is 47.5 Å². The molecule has 26 heavy (non-hydrogen) atoms. The van der Waals surface area contributed by atoms with Gasteiger partial charge in [0.2, 0.25) is 10.0 Å². The molecule has 0 aliphatic carbocycles. The Hall–Kier alpha value is -1.67. The molecule has 9 heteroatoms. The summed E-state index contributed by atoms with van der Waals surface area (Å²) in [6, 6.07) is 10.1. The molecule has 0 spiro atoms. The maximum absolute atomic E-state index is 12.9. The van der Waals surface area contributed by atoms with Crippen LogP contribution in [0.3, 0.4) is 0 Å². The van der Waals surface area contributed by atoms with E-state index in [1.54, 1.807) is 0 Å². The van der Waals surface area contributed by atoms with E-state index in [1.807, 2.05) is 28.8 Å². The Bertz CT molecular complexity index is 1040. The molecule has 1 aromatic carbocycles. The zero-order valence-corrected chi connectivity index (χ0v) is 16.0. The highest BCUT2D eigenvalue weighted by Crippen LogP contribution is 2.31. The third-order valence-corrected chi connectivity index (χ3v) is 6.95. The molecule has 1 aliphatic heterocycles. The van der Waals surface area contributed by atoms with Gasteiger partial charge in [-0.1, -0.05) is 29.3 Å². The van der Waals surface area contributed by atoms with Gasteiger partial charge in [-0.3, -0.25) is 4.40 Å². The van der Waals surface area contributed by atoms with Crippen LogP contribution < -0.4 is 0 Å². The van der Waals surface area contributed by atoms with Crippen LogP contribution in [0.1, 0.15) is 24.6 Å². The number of sulfonamides is 1. The summed E-state index contributed by atoms with van der Waals surface area (Å²) in [5.41, 5.74) is 0.797. The maximum atomic E-state index is 12.9. The Morgan fingerprint density at radius 1 is 1.00 bits per heavy atom. The van der Waals surface area contributed by atoms with Gasteiger partial charge in [-0.05, 0) is 43.2 Å². The molecule has 0 radical (unpaired) electrons. The Labute approximate surface area is 161 Å². The molecule has 2 aromatic heterocycles. The van der Waals surface area contributed by atoms with Crippen LogP contribution in [0.25, 0.3) is 5.65 Å². The van der Waals surface area contributed by atoms with Crippen LogP contribution in [0.5, 0.6) is 0 Å². The van der Waals surface area contributed by atoms with E-state index in [-0.39, 0.29) is 10.8 Å². The molecule has 1 saturated heterocycles. The van der Waals surface area contributed by atoms with Crippen molar-refractivity contribution in [1.82, 2.24) is 18.9 Å². The minimum Gasteiger partial charge on any atom is -0.286 e. The van der Waals surface area contributed by atoms with Crippen molar-refractivity contribution < 1.29 is 8.42 Å². The molecule has 0 bridgehead atoms. The molecule has 0 unspecified atom stereocenters. The number of fused-ring (bicyclic) bond motifs is 1. The van der Waals surface area contributed by atoms with Gasteiger partial charge in [-0.25, -0.2) is 8.42 Å². The second-order valence-electron chi connectivity index (χ2n) is 6.27. The summed E-state index contributed by atoms with van der Waals surface area (Å²) in [5, 5.41) is 9.09. The second-order valence-corrected chi connectivity index (χ2v) is 9.08. The summed E-state index contributed by atoms with van der Waals surface area (Å²) in [4.78, 5) is 0.126. The number of halogens is 2. The third kappa shape index (κ3) is 3.20. The summed E-state index contributed by atoms with van der Waals surface area (Å²) in [7, 11) is -3.62. The van der Waals surface area contributed by atoms with Crippen LogP contribution in [-0.2, 0) is 10.0 Å². The van der Waals surface area contributed by atoms with E-state index in [0.29, 0.717) is 36.0 Å². The molecule has 3 heterocycles. The number of hydrogen-bond donors (Lipinski definition) is 0. The molecular weight excluding hydrogens is 395 g/mol. The van der Waals surface area contributed by atoms with Crippen molar-refractivity contribution in [3.8, 4) is 0 Å². The smallest absolute Gasteiger partial charge is 0.243 e. The molecule has 0 amide bonds. The fraction of sp³-hybridized carbons (Fsp3) is 0.294. The summed E-state index contributed by atoms with van der Waals surface area (Å²) in [6.07, 6.45) is 3.30.